The molecule has 2 aromatic rings. The van der Waals surface area contributed by atoms with E-state index in [0.717, 1.165) is 16.8 Å². The first-order chi connectivity index (χ1) is 8.29. The van der Waals surface area contributed by atoms with Crippen LogP contribution in [0.1, 0.15) is 11.1 Å². The predicted molar refractivity (Wildman–Crippen MR) is 68.9 cm³/mol. The second-order valence-electron chi connectivity index (χ2n) is 3.69. The summed E-state index contributed by atoms with van der Waals surface area (Å²) in [5.41, 5.74) is 2.87. The van der Waals surface area contributed by atoms with Gasteiger partial charge in [-0.15, -0.1) is 0 Å². The molecule has 1 aromatic heterocycles. The number of hydrogen-bond donors (Lipinski definition) is 2. The van der Waals surface area contributed by atoms with E-state index < -0.39 is 0 Å². The monoisotopic (exact) mass is 248 g/mol. The van der Waals surface area contributed by atoms with Crippen LogP contribution in [0.5, 0.6) is 0 Å². The largest absolute Gasteiger partial charge is 0.392 e. The Morgan fingerprint density at radius 2 is 2.06 bits per heavy atom. The van der Waals surface area contributed by atoms with Crippen LogP contribution in [0.15, 0.2) is 42.7 Å². The fourth-order valence-electron chi connectivity index (χ4n) is 1.55. The number of pyridine rings is 1. The molecule has 0 aliphatic heterocycles. The van der Waals surface area contributed by atoms with Gasteiger partial charge in [0.15, 0.2) is 0 Å². The Hall–Kier alpha value is -1.58. The summed E-state index contributed by atoms with van der Waals surface area (Å²) < 4.78 is 0. The van der Waals surface area contributed by atoms with Crippen molar-refractivity contribution in [3.05, 3.63) is 58.9 Å². The Bertz CT molecular complexity index is 502. The van der Waals surface area contributed by atoms with Gasteiger partial charge in [-0.2, -0.15) is 0 Å². The van der Waals surface area contributed by atoms with Crippen molar-refractivity contribution in [3.8, 4) is 0 Å². The molecule has 0 atom stereocenters. The summed E-state index contributed by atoms with van der Waals surface area (Å²) in [4.78, 5) is 3.92. The molecule has 88 valence electrons. The minimum absolute atomic E-state index is 0.0594. The summed E-state index contributed by atoms with van der Waals surface area (Å²) in [5.74, 6) is 0. The molecule has 1 aromatic carbocycles. The zero-order chi connectivity index (χ0) is 12.1. The van der Waals surface area contributed by atoms with E-state index in [1.165, 1.54) is 0 Å². The van der Waals surface area contributed by atoms with E-state index in [4.69, 9.17) is 16.7 Å². The third-order valence-corrected chi connectivity index (χ3v) is 2.73. The van der Waals surface area contributed by atoms with Gasteiger partial charge in [-0.1, -0.05) is 35.9 Å². The molecule has 3 nitrogen and oxygen atoms in total. The molecule has 0 bridgehead atoms. The molecule has 0 spiro atoms. The second-order valence-corrected chi connectivity index (χ2v) is 4.09. The highest BCUT2D eigenvalue weighted by Gasteiger charge is 1.99. The molecule has 0 aliphatic rings. The molecule has 0 saturated carbocycles. The van der Waals surface area contributed by atoms with Crippen molar-refractivity contribution in [1.82, 2.24) is 4.98 Å². The third kappa shape index (κ3) is 3.19. The van der Waals surface area contributed by atoms with Gasteiger partial charge in [0.05, 0.1) is 17.3 Å². The van der Waals surface area contributed by atoms with Gasteiger partial charge in [0.2, 0.25) is 0 Å². The number of aromatic nitrogens is 1. The highest BCUT2D eigenvalue weighted by molar-refractivity contribution is 6.33. The van der Waals surface area contributed by atoms with Crippen molar-refractivity contribution in [2.75, 3.05) is 5.32 Å². The highest BCUT2D eigenvalue weighted by Crippen LogP contribution is 2.20. The Labute approximate surface area is 105 Å². The van der Waals surface area contributed by atoms with Gasteiger partial charge in [0.25, 0.3) is 0 Å². The van der Waals surface area contributed by atoms with Crippen LogP contribution in [0.2, 0.25) is 5.02 Å². The number of rotatable bonds is 4. The lowest BCUT2D eigenvalue weighted by molar-refractivity contribution is 0.281. The number of nitrogens with zero attached hydrogens (tertiary/aromatic N) is 1. The van der Waals surface area contributed by atoms with Gasteiger partial charge in [-0.3, -0.25) is 4.98 Å². The van der Waals surface area contributed by atoms with Crippen LogP contribution >= 0.6 is 11.6 Å². The summed E-state index contributed by atoms with van der Waals surface area (Å²) in [5, 5.41) is 12.9. The molecule has 17 heavy (non-hydrogen) atoms. The van der Waals surface area contributed by atoms with E-state index in [0.29, 0.717) is 11.6 Å². The Morgan fingerprint density at radius 3 is 2.82 bits per heavy atom. The number of halogens is 1. The van der Waals surface area contributed by atoms with Crippen molar-refractivity contribution >= 4 is 17.3 Å². The number of anilines is 1. The third-order valence-electron chi connectivity index (χ3n) is 2.43. The van der Waals surface area contributed by atoms with Crippen molar-refractivity contribution < 1.29 is 5.11 Å². The summed E-state index contributed by atoms with van der Waals surface area (Å²) >= 11 is 5.98. The molecule has 0 fully saturated rings. The van der Waals surface area contributed by atoms with Gasteiger partial charge < -0.3 is 10.4 Å². The Morgan fingerprint density at radius 1 is 1.24 bits per heavy atom. The first kappa shape index (κ1) is 11.9. The van der Waals surface area contributed by atoms with Crippen LogP contribution in [0.3, 0.4) is 0 Å². The summed E-state index contributed by atoms with van der Waals surface area (Å²) in [6, 6.07) is 9.61. The number of aliphatic hydroxyl groups is 1. The van der Waals surface area contributed by atoms with Crippen molar-refractivity contribution in [2.24, 2.45) is 0 Å². The molecule has 0 aliphatic carbocycles. The van der Waals surface area contributed by atoms with Crippen LogP contribution in [-0.2, 0) is 13.2 Å². The number of hydrogen-bond acceptors (Lipinski definition) is 3. The highest BCUT2D eigenvalue weighted by atomic mass is 35.5. The van der Waals surface area contributed by atoms with E-state index in [1.54, 1.807) is 12.4 Å². The summed E-state index contributed by atoms with van der Waals surface area (Å²) in [7, 11) is 0. The normalized spacial score (nSPS) is 10.2. The van der Waals surface area contributed by atoms with Crippen molar-refractivity contribution in [2.45, 2.75) is 13.2 Å². The van der Waals surface area contributed by atoms with Gasteiger partial charge in [-0.25, -0.2) is 0 Å². The lowest BCUT2D eigenvalue weighted by Gasteiger charge is -2.08. The van der Waals surface area contributed by atoms with Crippen molar-refractivity contribution in [1.29, 1.82) is 0 Å². The van der Waals surface area contributed by atoms with E-state index in [9.17, 15) is 0 Å². The second kappa shape index (κ2) is 5.66. The summed E-state index contributed by atoms with van der Waals surface area (Å²) in [6.07, 6.45) is 3.30. The molecule has 4 heteroatoms. The van der Waals surface area contributed by atoms with Crippen LogP contribution in [0, 0.1) is 0 Å². The Balaban J connectivity index is 2.05. The fourth-order valence-corrected chi connectivity index (χ4v) is 1.74. The van der Waals surface area contributed by atoms with Crippen LogP contribution in [0.4, 0.5) is 5.69 Å². The van der Waals surface area contributed by atoms with Gasteiger partial charge in [0.1, 0.15) is 0 Å². The molecular weight excluding hydrogens is 236 g/mol. The lowest BCUT2D eigenvalue weighted by Crippen LogP contribution is -2.00. The van der Waals surface area contributed by atoms with Crippen molar-refractivity contribution in [3.63, 3.8) is 0 Å². The minimum atomic E-state index is 0.0594. The molecule has 2 rings (SSSR count). The number of nitrogens with one attached hydrogen (secondary N) is 1. The number of aliphatic hydroxyl groups excluding tert-OH is 1. The maximum atomic E-state index is 9.04. The van der Waals surface area contributed by atoms with Gasteiger partial charge in [-0.05, 0) is 17.2 Å². The first-order valence-corrected chi connectivity index (χ1v) is 5.69. The summed E-state index contributed by atoms with van der Waals surface area (Å²) in [6.45, 7) is 0.724. The SMILES string of the molecule is OCc1cccc(CNc2ccncc2Cl)c1. The molecule has 2 N–H and O–H groups in total. The maximum Gasteiger partial charge on any atom is 0.0820 e. The quantitative estimate of drug-likeness (QED) is 0.875. The first-order valence-electron chi connectivity index (χ1n) is 5.31. The topological polar surface area (TPSA) is 45.1 Å². The zero-order valence-corrected chi connectivity index (χ0v) is 9.98. The lowest BCUT2D eigenvalue weighted by atomic mass is 10.1. The fraction of sp³-hybridized carbons (Fsp3) is 0.154. The Kier molecular flexibility index (Phi) is 3.96. The standard InChI is InChI=1S/C13H13ClN2O/c14-12-8-15-5-4-13(12)16-7-10-2-1-3-11(6-10)9-17/h1-6,8,17H,7,9H2,(H,15,16). The average Bonchev–Trinajstić information content (AvgIpc) is 2.38. The van der Waals surface area contributed by atoms with Crippen LogP contribution in [0.25, 0.3) is 0 Å². The van der Waals surface area contributed by atoms with E-state index in [-0.39, 0.29) is 6.61 Å². The van der Waals surface area contributed by atoms with Gasteiger partial charge >= 0.3 is 0 Å². The van der Waals surface area contributed by atoms with Crippen LogP contribution < -0.4 is 5.32 Å². The molecule has 0 unspecified atom stereocenters. The molecule has 1 heterocycles. The predicted octanol–water partition coefficient (Wildman–Crippen LogP) is 2.84. The van der Waals surface area contributed by atoms with Gasteiger partial charge in [0, 0.05) is 18.9 Å². The molecule has 0 radical (unpaired) electrons. The minimum Gasteiger partial charge on any atom is -0.392 e. The van der Waals surface area contributed by atoms with E-state index >= 15 is 0 Å². The van der Waals surface area contributed by atoms with Crippen LogP contribution in [-0.4, -0.2) is 10.1 Å². The number of benzene rings is 1. The van der Waals surface area contributed by atoms with E-state index in [2.05, 4.69) is 10.3 Å². The smallest absolute Gasteiger partial charge is 0.0820 e. The average molecular weight is 249 g/mol. The molecular formula is C13H13ClN2O. The molecule has 0 saturated heterocycles. The van der Waals surface area contributed by atoms with E-state index in [1.807, 2.05) is 30.3 Å². The maximum absolute atomic E-state index is 9.04. The molecule has 0 amide bonds. The zero-order valence-electron chi connectivity index (χ0n) is 9.23.